The predicted molar refractivity (Wildman–Crippen MR) is 64.8 cm³/mol. The summed E-state index contributed by atoms with van der Waals surface area (Å²) in [7, 11) is 0. The van der Waals surface area contributed by atoms with Crippen molar-refractivity contribution in [3.05, 3.63) is 28.5 Å². The Morgan fingerprint density at radius 2 is 2.33 bits per heavy atom. The Morgan fingerprint density at radius 3 is 3.07 bits per heavy atom. The zero-order valence-electron chi connectivity index (χ0n) is 9.00. The molecule has 0 radical (unpaired) electrons. The highest BCUT2D eigenvalue weighted by atomic mass is 79.9. The van der Waals surface area contributed by atoms with Crippen molar-refractivity contribution in [3.63, 3.8) is 0 Å². The molecule has 1 heterocycles. The Kier molecular flexibility index (Phi) is 6.55. The first-order valence-electron chi connectivity index (χ1n) is 5.21. The third-order valence-corrected chi connectivity index (χ3v) is 2.37. The zero-order chi connectivity index (χ0) is 10.9. The third-order valence-electron chi connectivity index (χ3n) is 1.94. The molecule has 0 unspecified atom stereocenters. The molecule has 0 aromatic carbocycles. The Morgan fingerprint density at radius 1 is 1.47 bits per heavy atom. The lowest BCUT2D eigenvalue weighted by Crippen LogP contribution is -2.16. The summed E-state index contributed by atoms with van der Waals surface area (Å²) in [6.07, 6.45) is 4.72. The molecule has 4 heteroatoms. The average molecular weight is 273 g/mol. The summed E-state index contributed by atoms with van der Waals surface area (Å²) in [6.45, 7) is 5.49. The number of rotatable bonds is 7. The molecule has 0 atom stereocenters. The molecule has 84 valence electrons. The van der Waals surface area contributed by atoms with Crippen LogP contribution in [0.1, 0.15) is 18.9 Å². The zero-order valence-corrected chi connectivity index (χ0v) is 10.6. The van der Waals surface area contributed by atoms with E-state index in [1.807, 2.05) is 13.1 Å². The molecule has 0 spiro atoms. The molecule has 0 aliphatic carbocycles. The van der Waals surface area contributed by atoms with E-state index in [9.17, 15) is 0 Å². The molecule has 1 aromatic heterocycles. The van der Waals surface area contributed by atoms with Gasteiger partial charge in [0.05, 0.1) is 0 Å². The SMILES string of the molecule is CCOCCCNCc1cncc(Br)c1. The molecule has 0 aliphatic heterocycles. The van der Waals surface area contributed by atoms with Crippen molar-refractivity contribution in [2.24, 2.45) is 0 Å². The van der Waals surface area contributed by atoms with E-state index in [1.165, 1.54) is 5.56 Å². The first-order chi connectivity index (χ1) is 7.33. The van der Waals surface area contributed by atoms with Crippen LogP contribution in [-0.4, -0.2) is 24.7 Å². The molecule has 1 aromatic rings. The monoisotopic (exact) mass is 272 g/mol. The third kappa shape index (κ3) is 5.87. The van der Waals surface area contributed by atoms with Crippen molar-refractivity contribution in [1.82, 2.24) is 10.3 Å². The Balaban J connectivity index is 2.10. The summed E-state index contributed by atoms with van der Waals surface area (Å²) in [5.41, 5.74) is 1.20. The van der Waals surface area contributed by atoms with E-state index in [-0.39, 0.29) is 0 Å². The van der Waals surface area contributed by atoms with Gasteiger partial charge in [0, 0.05) is 36.6 Å². The van der Waals surface area contributed by atoms with Crippen LogP contribution in [0.3, 0.4) is 0 Å². The van der Waals surface area contributed by atoms with Crippen molar-refractivity contribution >= 4 is 15.9 Å². The Bertz CT molecular complexity index is 281. The first kappa shape index (κ1) is 12.6. The lowest BCUT2D eigenvalue weighted by atomic mass is 10.3. The second-order valence-electron chi connectivity index (χ2n) is 3.24. The molecular weight excluding hydrogens is 256 g/mol. The van der Waals surface area contributed by atoms with Crippen LogP contribution in [-0.2, 0) is 11.3 Å². The highest BCUT2D eigenvalue weighted by Crippen LogP contribution is 2.08. The van der Waals surface area contributed by atoms with Crippen molar-refractivity contribution in [2.45, 2.75) is 19.9 Å². The van der Waals surface area contributed by atoms with Gasteiger partial charge in [-0.1, -0.05) is 0 Å². The van der Waals surface area contributed by atoms with Crippen molar-refractivity contribution in [3.8, 4) is 0 Å². The Labute approximate surface area is 99.4 Å². The number of hydrogen-bond donors (Lipinski definition) is 1. The van der Waals surface area contributed by atoms with E-state index in [0.29, 0.717) is 0 Å². The molecule has 3 nitrogen and oxygen atoms in total. The van der Waals surface area contributed by atoms with Gasteiger partial charge in [0.15, 0.2) is 0 Å². The second-order valence-corrected chi connectivity index (χ2v) is 4.15. The van der Waals surface area contributed by atoms with Crippen molar-refractivity contribution in [1.29, 1.82) is 0 Å². The quantitative estimate of drug-likeness (QED) is 0.774. The molecule has 1 rings (SSSR count). The fourth-order valence-corrected chi connectivity index (χ4v) is 1.64. The van der Waals surface area contributed by atoms with Gasteiger partial charge in [0.25, 0.3) is 0 Å². The summed E-state index contributed by atoms with van der Waals surface area (Å²) in [6, 6.07) is 2.07. The number of aromatic nitrogens is 1. The van der Waals surface area contributed by atoms with Crippen LogP contribution in [0.2, 0.25) is 0 Å². The summed E-state index contributed by atoms with van der Waals surface area (Å²) >= 11 is 3.40. The van der Waals surface area contributed by atoms with Gasteiger partial charge in [0.1, 0.15) is 0 Å². The molecule has 0 saturated carbocycles. The van der Waals surface area contributed by atoms with Crippen molar-refractivity contribution in [2.75, 3.05) is 19.8 Å². The fraction of sp³-hybridized carbons (Fsp3) is 0.545. The first-order valence-corrected chi connectivity index (χ1v) is 6.00. The van der Waals surface area contributed by atoms with E-state index in [1.54, 1.807) is 6.20 Å². The normalized spacial score (nSPS) is 10.5. The number of halogens is 1. The highest BCUT2D eigenvalue weighted by molar-refractivity contribution is 9.10. The van der Waals surface area contributed by atoms with Gasteiger partial charge < -0.3 is 10.1 Å². The van der Waals surface area contributed by atoms with Crippen LogP contribution in [0.5, 0.6) is 0 Å². The molecule has 0 amide bonds. The van der Waals surface area contributed by atoms with Gasteiger partial charge in [-0.15, -0.1) is 0 Å². The van der Waals surface area contributed by atoms with Gasteiger partial charge in [-0.2, -0.15) is 0 Å². The summed E-state index contributed by atoms with van der Waals surface area (Å²) in [5.74, 6) is 0. The smallest absolute Gasteiger partial charge is 0.0477 e. The number of hydrogen-bond acceptors (Lipinski definition) is 3. The van der Waals surface area contributed by atoms with Gasteiger partial charge in [0.2, 0.25) is 0 Å². The van der Waals surface area contributed by atoms with E-state index in [0.717, 1.165) is 37.2 Å². The van der Waals surface area contributed by atoms with Crippen LogP contribution in [0.4, 0.5) is 0 Å². The minimum Gasteiger partial charge on any atom is -0.382 e. The van der Waals surface area contributed by atoms with E-state index < -0.39 is 0 Å². The molecular formula is C11H17BrN2O. The lowest BCUT2D eigenvalue weighted by molar-refractivity contribution is 0.144. The predicted octanol–water partition coefficient (Wildman–Crippen LogP) is 2.36. The minimum absolute atomic E-state index is 0.801. The van der Waals surface area contributed by atoms with Gasteiger partial charge in [-0.3, -0.25) is 4.98 Å². The highest BCUT2D eigenvalue weighted by Gasteiger charge is 1.94. The minimum atomic E-state index is 0.801. The van der Waals surface area contributed by atoms with Gasteiger partial charge in [-0.25, -0.2) is 0 Å². The van der Waals surface area contributed by atoms with Gasteiger partial charge in [-0.05, 0) is 47.4 Å². The molecule has 15 heavy (non-hydrogen) atoms. The maximum atomic E-state index is 5.25. The van der Waals surface area contributed by atoms with Crippen LogP contribution in [0, 0.1) is 0 Å². The van der Waals surface area contributed by atoms with Crippen LogP contribution < -0.4 is 5.32 Å². The fourth-order valence-electron chi connectivity index (χ4n) is 1.23. The molecule has 0 bridgehead atoms. The van der Waals surface area contributed by atoms with Crippen molar-refractivity contribution < 1.29 is 4.74 Å². The van der Waals surface area contributed by atoms with Crippen LogP contribution >= 0.6 is 15.9 Å². The maximum absolute atomic E-state index is 5.25. The Hall–Kier alpha value is -0.450. The second kappa shape index (κ2) is 7.79. The molecule has 0 saturated heterocycles. The van der Waals surface area contributed by atoms with E-state index in [4.69, 9.17) is 4.74 Å². The molecule has 0 fully saturated rings. The number of nitrogens with one attached hydrogen (secondary N) is 1. The topological polar surface area (TPSA) is 34.1 Å². The number of nitrogens with zero attached hydrogens (tertiary/aromatic N) is 1. The van der Waals surface area contributed by atoms with Crippen LogP contribution in [0.15, 0.2) is 22.9 Å². The average Bonchev–Trinajstić information content (AvgIpc) is 2.23. The standard InChI is InChI=1S/C11H17BrN2O/c1-2-15-5-3-4-13-7-10-6-11(12)9-14-8-10/h6,8-9,13H,2-5,7H2,1H3. The molecule has 1 N–H and O–H groups in total. The van der Waals surface area contributed by atoms with E-state index in [2.05, 4.69) is 32.3 Å². The largest absolute Gasteiger partial charge is 0.382 e. The molecule has 0 aliphatic rings. The number of pyridine rings is 1. The lowest BCUT2D eigenvalue weighted by Gasteiger charge is -2.05. The van der Waals surface area contributed by atoms with E-state index >= 15 is 0 Å². The summed E-state index contributed by atoms with van der Waals surface area (Å²) in [4.78, 5) is 4.10. The maximum Gasteiger partial charge on any atom is 0.0477 e. The van der Waals surface area contributed by atoms with Gasteiger partial charge >= 0.3 is 0 Å². The summed E-state index contributed by atoms with van der Waals surface area (Å²) < 4.78 is 6.27. The summed E-state index contributed by atoms with van der Waals surface area (Å²) in [5, 5.41) is 3.35. The van der Waals surface area contributed by atoms with Crippen LogP contribution in [0.25, 0.3) is 0 Å². The number of ether oxygens (including phenoxy) is 1.